The molecule has 0 N–H and O–H groups in total. The van der Waals surface area contributed by atoms with Crippen molar-refractivity contribution in [2.45, 2.75) is 41.2 Å². The van der Waals surface area contributed by atoms with Crippen LogP contribution in [0.15, 0.2) is 197 Å². The molecule has 1 unspecified atom stereocenters. The molecule has 0 amide bonds. The molecule has 1 atom stereocenters. The average Bonchev–Trinajstić information content (AvgIpc) is 2.99. The fourth-order valence-corrected chi connectivity index (χ4v) is 9.19. The zero-order chi connectivity index (χ0) is 26.2. The Balaban J connectivity index is 1.37. The molecular formula is C35H30S3+2. The molecule has 186 valence electrons. The molecule has 0 spiro atoms. The van der Waals surface area contributed by atoms with Crippen LogP contribution in [0.25, 0.3) is 0 Å². The monoisotopic (exact) mass is 546 g/mol. The SMILES string of the molecule is C=CC(=CC)[S+](c1ccccc1)c1ccc(Sc2ccc([S+](c3ccccc3)c3ccccc3)cc2)cc1. The standard InChI is InChI=1S/C35H30S3/c1-3-30(4-2)37(31-14-8-5-9-15-31)34-24-20-28(21-25-34)36-29-22-26-35(27-23-29)38(32-16-10-6-11-17-32)33-18-12-7-13-19-33/h3-27H,1H2,2H3/q+2. The molecule has 5 aromatic rings. The van der Waals surface area contributed by atoms with E-state index in [1.165, 1.54) is 39.2 Å². The van der Waals surface area contributed by atoms with Crippen LogP contribution in [0.2, 0.25) is 0 Å². The van der Waals surface area contributed by atoms with Crippen molar-refractivity contribution in [2.24, 2.45) is 0 Å². The van der Waals surface area contributed by atoms with Crippen molar-refractivity contribution in [3.63, 3.8) is 0 Å². The van der Waals surface area contributed by atoms with Crippen LogP contribution in [0.1, 0.15) is 6.92 Å². The predicted octanol–water partition coefficient (Wildman–Crippen LogP) is 10.1. The number of rotatable bonds is 9. The number of allylic oxidation sites excluding steroid dienone is 2. The summed E-state index contributed by atoms with van der Waals surface area (Å²) in [5.74, 6) is 0. The Morgan fingerprint density at radius 2 is 0.895 bits per heavy atom. The minimum absolute atomic E-state index is 0.124. The van der Waals surface area contributed by atoms with E-state index in [-0.39, 0.29) is 21.8 Å². The zero-order valence-electron chi connectivity index (χ0n) is 21.4. The Bertz CT molecular complexity index is 1440. The van der Waals surface area contributed by atoms with Crippen molar-refractivity contribution in [1.29, 1.82) is 0 Å². The summed E-state index contributed by atoms with van der Waals surface area (Å²) in [5.41, 5.74) is 0. The van der Waals surface area contributed by atoms with E-state index in [1.807, 2.05) is 17.8 Å². The number of hydrogen-bond donors (Lipinski definition) is 0. The lowest BCUT2D eigenvalue weighted by molar-refractivity contribution is 1.28. The van der Waals surface area contributed by atoms with Gasteiger partial charge in [0.1, 0.15) is 0 Å². The van der Waals surface area contributed by atoms with Gasteiger partial charge in [-0.2, -0.15) is 0 Å². The zero-order valence-corrected chi connectivity index (χ0v) is 23.8. The van der Waals surface area contributed by atoms with Gasteiger partial charge >= 0.3 is 0 Å². The van der Waals surface area contributed by atoms with Gasteiger partial charge in [-0.25, -0.2) is 0 Å². The Hall–Kier alpha value is -3.37. The maximum Gasteiger partial charge on any atom is 0.166 e. The highest BCUT2D eigenvalue weighted by Gasteiger charge is 2.29. The second-order valence-electron chi connectivity index (χ2n) is 8.49. The highest BCUT2D eigenvalue weighted by molar-refractivity contribution is 8.01. The first-order chi connectivity index (χ1) is 18.8. The normalized spacial score (nSPS) is 12.3. The average molecular weight is 547 g/mol. The highest BCUT2D eigenvalue weighted by Crippen LogP contribution is 2.36. The number of hydrogen-bond acceptors (Lipinski definition) is 1. The van der Waals surface area contributed by atoms with Crippen molar-refractivity contribution in [1.82, 2.24) is 0 Å². The molecule has 0 bridgehead atoms. The summed E-state index contributed by atoms with van der Waals surface area (Å²) in [7, 11) is -0.278. The van der Waals surface area contributed by atoms with Crippen LogP contribution in [0.4, 0.5) is 0 Å². The van der Waals surface area contributed by atoms with Crippen LogP contribution in [-0.2, 0) is 21.8 Å². The van der Waals surface area contributed by atoms with Crippen molar-refractivity contribution in [2.75, 3.05) is 0 Å². The Morgan fingerprint density at radius 1 is 0.526 bits per heavy atom. The van der Waals surface area contributed by atoms with Gasteiger partial charge < -0.3 is 0 Å². The summed E-state index contributed by atoms with van der Waals surface area (Å²) in [6, 6.07) is 50.4. The van der Waals surface area contributed by atoms with Gasteiger partial charge in [-0.05, 0) is 104 Å². The second-order valence-corrected chi connectivity index (χ2v) is 13.7. The van der Waals surface area contributed by atoms with E-state index >= 15 is 0 Å². The van der Waals surface area contributed by atoms with E-state index in [1.54, 1.807) is 0 Å². The molecule has 0 radical (unpaired) electrons. The lowest BCUT2D eigenvalue weighted by atomic mass is 10.3. The molecule has 0 aliphatic rings. The molecule has 0 aliphatic carbocycles. The molecule has 3 heteroatoms. The maximum absolute atomic E-state index is 4.07. The quantitative estimate of drug-likeness (QED) is 0.131. The van der Waals surface area contributed by atoms with E-state index in [0.717, 1.165) is 0 Å². The van der Waals surface area contributed by atoms with Crippen LogP contribution in [0.5, 0.6) is 0 Å². The van der Waals surface area contributed by atoms with E-state index < -0.39 is 0 Å². The smallest absolute Gasteiger partial charge is 0.0941 e. The van der Waals surface area contributed by atoms with Gasteiger partial charge in [0.05, 0.1) is 21.8 Å². The van der Waals surface area contributed by atoms with Crippen molar-refractivity contribution < 1.29 is 0 Å². The number of benzene rings is 5. The van der Waals surface area contributed by atoms with Crippen LogP contribution in [-0.4, -0.2) is 0 Å². The third-order valence-electron chi connectivity index (χ3n) is 6.01. The first kappa shape index (κ1) is 26.2. The summed E-state index contributed by atoms with van der Waals surface area (Å²) in [6.45, 7) is 6.16. The van der Waals surface area contributed by atoms with E-state index in [2.05, 4.69) is 159 Å². The molecule has 0 nitrogen and oxygen atoms in total. The summed E-state index contributed by atoms with van der Waals surface area (Å²) in [4.78, 5) is 10.4. The van der Waals surface area contributed by atoms with E-state index in [0.29, 0.717) is 0 Å². The molecular weight excluding hydrogens is 517 g/mol. The second kappa shape index (κ2) is 12.9. The topological polar surface area (TPSA) is 0 Å². The van der Waals surface area contributed by atoms with Crippen LogP contribution in [0, 0.1) is 0 Å². The third kappa shape index (κ3) is 6.19. The molecule has 0 aliphatic heterocycles. The fraction of sp³-hybridized carbons (Fsp3) is 0.0286. The van der Waals surface area contributed by atoms with Crippen LogP contribution in [0.3, 0.4) is 0 Å². The van der Waals surface area contributed by atoms with E-state index in [9.17, 15) is 0 Å². The largest absolute Gasteiger partial charge is 0.166 e. The summed E-state index contributed by atoms with van der Waals surface area (Å²) in [6.07, 6.45) is 4.16. The summed E-state index contributed by atoms with van der Waals surface area (Å²) >= 11 is 1.81. The Labute approximate surface area is 236 Å². The van der Waals surface area contributed by atoms with Gasteiger partial charge in [-0.1, -0.05) is 72.9 Å². The first-order valence-electron chi connectivity index (χ1n) is 12.6. The molecule has 0 fully saturated rings. The highest BCUT2D eigenvalue weighted by atomic mass is 32.2. The maximum atomic E-state index is 4.07. The van der Waals surface area contributed by atoms with Gasteiger partial charge in [-0.15, -0.1) is 0 Å². The molecule has 0 saturated carbocycles. The van der Waals surface area contributed by atoms with Gasteiger partial charge in [-0.3, -0.25) is 0 Å². The van der Waals surface area contributed by atoms with Gasteiger partial charge in [0.25, 0.3) is 0 Å². The minimum atomic E-state index is -0.154. The summed E-state index contributed by atoms with van der Waals surface area (Å²) < 4.78 is 0. The van der Waals surface area contributed by atoms with Crippen LogP contribution >= 0.6 is 11.8 Å². The van der Waals surface area contributed by atoms with Crippen LogP contribution < -0.4 is 0 Å². The minimum Gasteiger partial charge on any atom is -0.0941 e. The van der Waals surface area contributed by atoms with Crippen molar-refractivity contribution >= 4 is 33.6 Å². The Morgan fingerprint density at radius 3 is 1.32 bits per heavy atom. The predicted molar refractivity (Wildman–Crippen MR) is 166 cm³/mol. The van der Waals surface area contributed by atoms with Gasteiger partial charge in [0.15, 0.2) is 29.4 Å². The third-order valence-corrected chi connectivity index (χ3v) is 11.6. The van der Waals surface area contributed by atoms with E-state index in [4.69, 9.17) is 0 Å². The van der Waals surface area contributed by atoms with Gasteiger partial charge in [0.2, 0.25) is 0 Å². The first-order valence-corrected chi connectivity index (χ1v) is 15.8. The van der Waals surface area contributed by atoms with Crippen molar-refractivity contribution in [3.8, 4) is 0 Å². The molecule has 5 rings (SSSR count). The molecule has 0 heterocycles. The lowest BCUT2D eigenvalue weighted by Gasteiger charge is -2.10. The Kier molecular flexibility index (Phi) is 8.93. The lowest BCUT2D eigenvalue weighted by Crippen LogP contribution is -2.05. The van der Waals surface area contributed by atoms with Crippen molar-refractivity contribution in [3.05, 3.63) is 163 Å². The van der Waals surface area contributed by atoms with Gasteiger partial charge in [0, 0.05) is 9.79 Å². The molecule has 38 heavy (non-hydrogen) atoms. The molecule has 5 aromatic carbocycles. The molecule has 0 saturated heterocycles. The summed E-state index contributed by atoms with van der Waals surface area (Å²) in [5, 5.41) is 0. The molecule has 0 aromatic heterocycles. The fourth-order valence-electron chi connectivity index (χ4n) is 4.23.